The molecule has 1 atom stereocenters. The zero-order chi connectivity index (χ0) is 24.8. The van der Waals surface area contributed by atoms with Gasteiger partial charge >= 0.3 is 0 Å². The van der Waals surface area contributed by atoms with Gasteiger partial charge in [0.2, 0.25) is 5.75 Å². The number of likely N-dealkylation sites (N-methyl/N-ethyl adjacent to an activating group) is 1. The van der Waals surface area contributed by atoms with Crippen molar-refractivity contribution in [3.63, 3.8) is 0 Å². The van der Waals surface area contributed by atoms with Crippen LogP contribution in [0.4, 0.5) is 0 Å². The lowest BCUT2D eigenvalue weighted by Gasteiger charge is -2.28. The summed E-state index contributed by atoms with van der Waals surface area (Å²) in [5, 5.41) is 10.8. The molecule has 1 unspecified atom stereocenters. The van der Waals surface area contributed by atoms with E-state index in [2.05, 4.69) is 0 Å². The third-order valence-electron chi connectivity index (χ3n) is 5.59. The van der Waals surface area contributed by atoms with Gasteiger partial charge in [0, 0.05) is 13.1 Å². The molecule has 0 fully saturated rings. The smallest absolute Gasteiger partial charge is 0.290 e. The molecule has 2 aromatic carbocycles. The molecule has 34 heavy (non-hydrogen) atoms. The molecule has 0 saturated carbocycles. The average molecular weight is 467 g/mol. The van der Waals surface area contributed by atoms with Crippen LogP contribution in [0.1, 0.15) is 17.2 Å². The van der Waals surface area contributed by atoms with Crippen molar-refractivity contribution in [2.45, 2.75) is 6.04 Å². The maximum Gasteiger partial charge on any atom is 0.290 e. The molecule has 180 valence electrons. The maximum absolute atomic E-state index is 13.3. The molecule has 1 amide bonds. The predicted molar refractivity (Wildman–Crippen MR) is 129 cm³/mol. The topological polar surface area (TPSA) is 88.5 Å². The summed E-state index contributed by atoms with van der Waals surface area (Å²) in [5.74, 6) is -0.453. The summed E-state index contributed by atoms with van der Waals surface area (Å²) in [6.07, 6.45) is 3.02. The van der Waals surface area contributed by atoms with Crippen LogP contribution in [-0.4, -0.2) is 75.1 Å². The minimum absolute atomic E-state index is 0.00482. The zero-order valence-corrected chi connectivity index (χ0v) is 20.1. The van der Waals surface area contributed by atoms with E-state index in [1.165, 1.54) is 32.3 Å². The Morgan fingerprint density at radius 3 is 2.21 bits per heavy atom. The fourth-order valence-corrected chi connectivity index (χ4v) is 3.88. The first-order chi connectivity index (χ1) is 16.3. The molecule has 1 heterocycles. The van der Waals surface area contributed by atoms with Gasteiger partial charge in [-0.15, -0.1) is 0 Å². The van der Waals surface area contributed by atoms with Gasteiger partial charge in [-0.2, -0.15) is 0 Å². The summed E-state index contributed by atoms with van der Waals surface area (Å²) < 4.78 is 16.4. The molecule has 2 aromatic rings. The zero-order valence-electron chi connectivity index (χ0n) is 20.1. The van der Waals surface area contributed by atoms with Crippen molar-refractivity contribution in [1.82, 2.24) is 9.80 Å². The molecule has 8 heteroatoms. The average Bonchev–Trinajstić information content (AvgIpc) is 3.10. The van der Waals surface area contributed by atoms with Crippen molar-refractivity contribution in [2.75, 3.05) is 48.5 Å². The Labute approximate surface area is 199 Å². The number of hydrogen-bond donors (Lipinski definition) is 1. The Bertz CT molecular complexity index is 1080. The quantitative estimate of drug-likeness (QED) is 0.538. The number of ketones is 1. The van der Waals surface area contributed by atoms with Gasteiger partial charge in [0.05, 0.1) is 32.9 Å². The second kappa shape index (κ2) is 10.9. The molecule has 1 aliphatic rings. The number of allylic oxidation sites excluding steroid dienone is 1. The summed E-state index contributed by atoms with van der Waals surface area (Å²) in [7, 11) is 8.25. The van der Waals surface area contributed by atoms with Crippen LogP contribution < -0.4 is 14.2 Å². The van der Waals surface area contributed by atoms with Crippen LogP contribution in [0.5, 0.6) is 17.2 Å². The van der Waals surface area contributed by atoms with E-state index in [-0.39, 0.29) is 5.57 Å². The van der Waals surface area contributed by atoms with Gasteiger partial charge in [-0.25, -0.2) is 0 Å². The van der Waals surface area contributed by atoms with Crippen molar-refractivity contribution >= 4 is 17.8 Å². The molecule has 0 saturated heterocycles. The molecular formula is C26H30N2O6. The normalized spacial score (nSPS) is 16.0. The number of amides is 1. The Morgan fingerprint density at radius 2 is 1.68 bits per heavy atom. The fraction of sp³-hybridized carbons (Fsp3) is 0.308. The van der Waals surface area contributed by atoms with Gasteiger partial charge < -0.3 is 29.1 Å². The van der Waals surface area contributed by atoms with E-state index in [0.29, 0.717) is 35.9 Å². The van der Waals surface area contributed by atoms with Crippen molar-refractivity contribution in [3.8, 4) is 17.2 Å². The van der Waals surface area contributed by atoms with Crippen LogP contribution in [-0.2, 0) is 9.59 Å². The van der Waals surface area contributed by atoms with Gasteiger partial charge in [0.1, 0.15) is 0 Å². The summed E-state index contributed by atoms with van der Waals surface area (Å²) in [6, 6.07) is 11.9. The summed E-state index contributed by atoms with van der Waals surface area (Å²) in [5.41, 5.74) is 1.39. The number of rotatable bonds is 10. The fourth-order valence-electron chi connectivity index (χ4n) is 3.88. The van der Waals surface area contributed by atoms with E-state index < -0.39 is 23.5 Å². The summed E-state index contributed by atoms with van der Waals surface area (Å²) >= 11 is 0. The number of carbonyl (C=O) groups excluding carboxylic acids is 2. The molecule has 0 aromatic heterocycles. The van der Waals surface area contributed by atoms with E-state index in [1.807, 2.05) is 49.3 Å². The molecular weight excluding hydrogens is 436 g/mol. The molecule has 8 nitrogen and oxygen atoms in total. The number of ether oxygens (including phenoxy) is 3. The van der Waals surface area contributed by atoms with Crippen molar-refractivity contribution in [2.24, 2.45) is 0 Å². The summed E-state index contributed by atoms with van der Waals surface area (Å²) in [6.45, 7) is 0.845. The van der Waals surface area contributed by atoms with Crippen LogP contribution in [0.3, 0.4) is 0 Å². The highest BCUT2D eigenvalue weighted by molar-refractivity contribution is 6.14. The highest BCUT2D eigenvalue weighted by atomic mass is 16.5. The monoisotopic (exact) mass is 466 g/mol. The molecule has 0 bridgehead atoms. The lowest BCUT2D eigenvalue weighted by atomic mass is 9.94. The molecule has 3 rings (SSSR count). The predicted octanol–water partition coefficient (Wildman–Crippen LogP) is 3.25. The van der Waals surface area contributed by atoms with E-state index in [4.69, 9.17) is 14.2 Å². The number of methoxy groups -OCH3 is 3. The van der Waals surface area contributed by atoms with Gasteiger partial charge in [-0.05, 0) is 43.4 Å². The van der Waals surface area contributed by atoms with Crippen LogP contribution in [0.2, 0.25) is 0 Å². The number of benzene rings is 2. The van der Waals surface area contributed by atoms with Crippen LogP contribution in [0.25, 0.3) is 6.08 Å². The number of nitrogens with zero attached hydrogens (tertiary/aromatic N) is 2. The first-order valence-corrected chi connectivity index (χ1v) is 10.8. The number of hydrogen-bond acceptors (Lipinski definition) is 7. The number of aliphatic hydroxyl groups is 1. The van der Waals surface area contributed by atoms with Crippen LogP contribution >= 0.6 is 0 Å². The molecule has 0 aliphatic carbocycles. The number of aliphatic hydroxyl groups excluding tert-OH is 1. The largest absolute Gasteiger partial charge is 0.503 e. The molecule has 0 radical (unpaired) electrons. The Hall–Kier alpha value is -3.78. The SMILES string of the molecule is COc1cc(C2C(C(=O)/C=C/c3ccccc3)=C(O)C(=O)N2CCN(C)C)cc(OC)c1OC. The summed E-state index contributed by atoms with van der Waals surface area (Å²) in [4.78, 5) is 29.8. The second-order valence-electron chi connectivity index (χ2n) is 8.03. The Balaban J connectivity index is 2.10. The second-order valence-corrected chi connectivity index (χ2v) is 8.03. The third kappa shape index (κ3) is 5.07. The molecule has 1 aliphatic heterocycles. The highest BCUT2D eigenvalue weighted by Crippen LogP contribution is 2.45. The van der Waals surface area contributed by atoms with E-state index >= 15 is 0 Å². The molecule has 0 spiro atoms. The Morgan fingerprint density at radius 1 is 1.06 bits per heavy atom. The van der Waals surface area contributed by atoms with Gasteiger partial charge in [-0.3, -0.25) is 9.59 Å². The standard InChI is InChI=1S/C26H30N2O6/c1-27(2)13-14-28-23(18-15-20(32-3)25(34-5)21(16-18)33-4)22(24(30)26(28)31)19(29)12-11-17-9-7-6-8-10-17/h6-12,15-16,23,30H,13-14H2,1-5H3/b12-11+. The first kappa shape index (κ1) is 24.9. The lowest BCUT2D eigenvalue weighted by Crippen LogP contribution is -2.36. The van der Waals surface area contributed by atoms with Crippen molar-refractivity contribution in [1.29, 1.82) is 0 Å². The highest BCUT2D eigenvalue weighted by Gasteiger charge is 2.43. The van der Waals surface area contributed by atoms with Crippen LogP contribution in [0, 0.1) is 0 Å². The van der Waals surface area contributed by atoms with Gasteiger partial charge in [0.15, 0.2) is 23.0 Å². The van der Waals surface area contributed by atoms with E-state index in [0.717, 1.165) is 5.56 Å². The van der Waals surface area contributed by atoms with Crippen molar-refractivity contribution < 1.29 is 28.9 Å². The van der Waals surface area contributed by atoms with Gasteiger partial charge in [-0.1, -0.05) is 36.4 Å². The minimum Gasteiger partial charge on any atom is -0.503 e. The number of carbonyl (C=O) groups is 2. The van der Waals surface area contributed by atoms with E-state index in [9.17, 15) is 14.7 Å². The first-order valence-electron chi connectivity index (χ1n) is 10.8. The van der Waals surface area contributed by atoms with Gasteiger partial charge in [0.25, 0.3) is 5.91 Å². The van der Waals surface area contributed by atoms with Crippen molar-refractivity contribution in [3.05, 3.63) is 71.0 Å². The lowest BCUT2D eigenvalue weighted by molar-refractivity contribution is -0.129. The van der Waals surface area contributed by atoms with E-state index in [1.54, 1.807) is 18.2 Å². The van der Waals surface area contributed by atoms with Crippen LogP contribution in [0.15, 0.2) is 59.9 Å². The Kier molecular flexibility index (Phi) is 7.96. The minimum atomic E-state index is -0.825. The third-order valence-corrected chi connectivity index (χ3v) is 5.59. The maximum atomic E-state index is 13.3. The molecule has 1 N–H and O–H groups in total.